The van der Waals surface area contributed by atoms with Crippen LogP contribution in [0.5, 0.6) is 0 Å². The van der Waals surface area contributed by atoms with Crippen molar-refractivity contribution >= 4 is 5.69 Å². The molecule has 3 nitrogen and oxygen atoms in total. The summed E-state index contributed by atoms with van der Waals surface area (Å²) in [5.74, 6) is -0.198. The van der Waals surface area contributed by atoms with Crippen molar-refractivity contribution in [1.29, 1.82) is 0 Å². The van der Waals surface area contributed by atoms with Gasteiger partial charge in [-0.2, -0.15) is 13.2 Å². The van der Waals surface area contributed by atoms with E-state index >= 15 is 0 Å². The molecule has 0 atom stereocenters. The van der Waals surface area contributed by atoms with Gasteiger partial charge in [0.05, 0.1) is 10.5 Å². The predicted octanol–water partition coefficient (Wildman–Crippen LogP) is 4.05. The molecule has 0 amide bonds. The van der Waals surface area contributed by atoms with Crippen molar-refractivity contribution in [1.82, 2.24) is 0 Å². The molecule has 0 bridgehead atoms. The Balaban J connectivity index is 3.55. The summed E-state index contributed by atoms with van der Waals surface area (Å²) < 4.78 is 38.1. The highest BCUT2D eigenvalue weighted by Crippen LogP contribution is 2.37. The van der Waals surface area contributed by atoms with Gasteiger partial charge in [-0.1, -0.05) is 13.8 Å². The third kappa shape index (κ3) is 2.75. The molecule has 0 aliphatic rings. The third-order valence-electron chi connectivity index (χ3n) is 2.57. The van der Waals surface area contributed by atoms with E-state index in [1.54, 1.807) is 13.8 Å². The highest BCUT2D eigenvalue weighted by Gasteiger charge is 2.35. The van der Waals surface area contributed by atoms with Gasteiger partial charge in [-0.3, -0.25) is 10.1 Å². The van der Waals surface area contributed by atoms with Gasteiger partial charge in [0.1, 0.15) is 0 Å². The maximum absolute atomic E-state index is 12.7. The Morgan fingerprint density at radius 2 is 1.82 bits per heavy atom. The maximum Gasteiger partial charge on any atom is 0.416 e. The molecule has 6 heteroatoms. The average molecular weight is 247 g/mol. The fourth-order valence-electron chi connectivity index (χ4n) is 1.72. The van der Waals surface area contributed by atoms with E-state index in [9.17, 15) is 23.3 Å². The molecule has 0 aliphatic carbocycles. The summed E-state index contributed by atoms with van der Waals surface area (Å²) in [4.78, 5) is 9.80. The average Bonchev–Trinajstić information content (AvgIpc) is 2.15. The van der Waals surface area contributed by atoms with Gasteiger partial charge in [-0.15, -0.1) is 0 Å². The van der Waals surface area contributed by atoms with Crippen molar-refractivity contribution in [2.75, 3.05) is 0 Å². The Morgan fingerprint density at radius 3 is 2.18 bits per heavy atom. The normalized spacial score (nSPS) is 11.9. The zero-order chi connectivity index (χ0) is 13.4. The third-order valence-corrected chi connectivity index (χ3v) is 2.57. The van der Waals surface area contributed by atoms with Gasteiger partial charge in [0.15, 0.2) is 0 Å². The topological polar surface area (TPSA) is 43.1 Å². The highest BCUT2D eigenvalue weighted by molar-refractivity contribution is 5.47. The van der Waals surface area contributed by atoms with Crippen molar-refractivity contribution in [2.24, 2.45) is 0 Å². The van der Waals surface area contributed by atoms with Gasteiger partial charge in [0.25, 0.3) is 5.69 Å². The second-order valence-electron chi connectivity index (χ2n) is 4.12. The Labute approximate surface area is 96.4 Å². The summed E-state index contributed by atoms with van der Waals surface area (Å²) in [7, 11) is 0. The fourth-order valence-corrected chi connectivity index (χ4v) is 1.72. The number of nitrogens with zero attached hydrogens (tertiary/aromatic N) is 1. The van der Waals surface area contributed by atoms with E-state index in [-0.39, 0.29) is 11.5 Å². The van der Waals surface area contributed by atoms with Crippen LogP contribution in [0.1, 0.15) is 36.5 Å². The van der Waals surface area contributed by atoms with Crippen molar-refractivity contribution in [3.63, 3.8) is 0 Å². The molecule has 0 heterocycles. The van der Waals surface area contributed by atoms with Gasteiger partial charge in [0, 0.05) is 12.1 Å². The molecule has 0 saturated carbocycles. The quantitative estimate of drug-likeness (QED) is 0.584. The molecule has 94 valence electrons. The van der Waals surface area contributed by atoms with E-state index in [0.29, 0.717) is 11.6 Å². The summed E-state index contributed by atoms with van der Waals surface area (Å²) in [5, 5.41) is 10.6. The molecule has 0 aliphatic heterocycles. The van der Waals surface area contributed by atoms with Gasteiger partial charge in [0.2, 0.25) is 0 Å². The first kappa shape index (κ1) is 13.5. The number of rotatable bonds is 2. The molecule has 1 rings (SSSR count). The molecule has 1 aromatic rings. The molecule has 0 N–H and O–H groups in total. The number of hydrogen-bond donors (Lipinski definition) is 0. The molecule has 0 saturated heterocycles. The van der Waals surface area contributed by atoms with E-state index in [4.69, 9.17) is 0 Å². The Bertz CT molecular complexity index is 453. The van der Waals surface area contributed by atoms with Crippen LogP contribution in [0.4, 0.5) is 18.9 Å². The van der Waals surface area contributed by atoms with E-state index < -0.39 is 22.4 Å². The van der Waals surface area contributed by atoms with Gasteiger partial charge >= 0.3 is 6.18 Å². The van der Waals surface area contributed by atoms with Crippen LogP contribution in [-0.2, 0) is 6.18 Å². The fraction of sp³-hybridized carbons (Fsp3) is 0.455. The molecule has 17 heavy (non-hydrogen) atoms. The lowest BCUT2D eigenvalue weighted by Gasteiger charge is -2.16. The van der Waals surface area contributed by atoms with Crippen LogP contribution in [0, 0.1) is 17.0 Å². The lowest BCUT2D eigenvalue weighted by molar-refractivity contribution is -0.385. The van der Waals surface area contributed by atoms with Crippen LogP contribution in [0.3, 0.4) is 0 Å². The van der Waals surface area contributed by atoms with Crippen LogP contribution < -0.4 is 0 Å². The smallest absolute Gasteiger partial charge is 0.258 e. The molecule has 0 spiro atoms. The van der Waals surface area contributed by atoms with E-state index in [0.717, 1.165) is 0 Å². The molecule has 0 radical (unpaired) electrons. The minimum atomic E-state index is -4.57. The number of nitro benzene ring substituents is 1. The van der Waals surface area contributed by atoms with Gasteiger partial charge in [-0.05, 0) is 24.0 Å². The minimum Gasteiger partial charge on any atom is -0.258 e. The number of alkyl halides is 3. The largest absolute Gasteiger partial charge is 0.416 e. The second kappa shape index (κ2) is 4.35. The first-order chi connectivity index (χ1) is 7.64. The second-order valence-corrected chi connectivity index (χ2v) is 4.12. The Kier molecular flexibility index (Phi) is 3.45. The summed E-state index contributed by atoms with van der Waals surface area (Å²) in [6.45, 7) is 4.74. The minimum absolute atomic E-state index is 0.0538. The number of non-ortho nitro benzene ring substituents is 1. The van der Waals surface area contributed by atoms with E-state index in [1.165, 1.54) is 13.0 Å². The van der Waals surface area contributed by atoms with Crippen molar-refractivity contribution < 1.29 is 18.1 Å². The molecule has 0 aromatic heterocycles. The van der Waals surface area contributed by atoms with Crippen molar-refractivity contribution in [3.05, 3.63) is 38.9 Å². The number of halogens is 3. The predicted molar refractivity (Wildman–Crippen MR) is 56.9 cm³/mol. The van der Waals surface area contributed by atoms with Crippen LogP contribution in [0.2, 0.25) is 0 Å². The van der Waals surface area contributed by atoms with Gasteiger partial charge in [-0.25, -0.2) is 0 Å². The zero-order valence-corrected chi connectivity index (χ0v) is 9.63. The Morgan fingerprint density at radius 1 is 1.29 bits per heavy atom. The highest BCUT2D eigenvalue weighted by atomic mass is 19.4. The van der Waals surface area contributed by atoms with Crippen molar-refractivity contribution in [2.45, 2.75) is 32.9 Å². The van der Waals surface area contributed by atoms with E-state index in [1.807, 2.05) is 0 Å². The summed E-state index contributed by atoms with van der Waals surface area (Å²) in [5.41, 5.74) is -1.05. The van der Waals surface area contributed by atoms with Crippen LogP contribution in [0.25, 0.3) is 0 Å². The molecular formula is C11H12F3NO2. The lowest BCUT2D eigenvalue weighted by atomic mass is 9.93. The summed E-state index contributed by atoms with van der Waals surface area (Å²) >= 11 is 0. The molecular weight excluding hydrogens is 235 g/mol. The summed E-state index contributed by atoms with van der Waals surface area (Å²) in [6.07, 6.45) is -4.57. The number of hydrogen-bond acceptors (Lipinski definition) is 2. The SMILES string of the molecule is Cc1c(C(C)C)cc([N+](=O)[O-])cc1C(F)(F)F. The first-order valence-corrected chi connectivity index (χ1v) is 5.00. The molecule has 0 fully saturated rings. The zero-order valence-electron chi connectivity index (χ0n) is 9.63. The maximum atomic E-state index is 12.7. The first-order valence-electron chi connectivity index (χ1n) is 5.00. The standard InChI is InChI=1S/C11H12F3NO2/c1-6(2)9-4-8(15(16)17)5-10(7(9)3)11(12,13)14/h4-6H,1-3H3. The monoisotopic (exact) mass is 247 g/mol. The number of nitro groups is 1. The van der Waals surface area contributed by atoms with Gasteiger partial charge < -0.3 is 0 Å². The Hall–Kier alpha value is -1.59. The lowest BCUT2D eigenvalue weighted by Crippen LogP contribution is -2.11. The molecule has 1 aromatic carbocycles. The van der Waals surface area contributed by atoms with Crippen LogP contribution in [0.15, 0.2) is 12.1 Å². The van der Waals surface area contributed by atoms with Crippen LogP contribution >= 0.6 is 0 Å². The molecule has 0 unspecified atom stereocenters. The van der Waals surface area contributed by atoms with Crippen LogP contribution in [-0.4, -0.2) is 4.92 Å². The number of benzene rings is 1. The van der Waals surface area contributed by atoms with E-state index in [2.05, 4.69) is 0 Å². The van der Waals surface area contributed by atoms with Crippen molar-refractivity contribution in [3.8, 4) is 0 Å². The summed E-state index contributed by atoms with van der Waals surface area (Å²) in [6, 6.07) is 1.79.